The van der Waals surface area contributed by atoms with Gasteiger partial charge in [-0.15, -0.1) is 0 Å². The van der Waals surface area contributed by atoms with Gasteiger partial charge in [0.25, 0.3) is 0 Å². The molecule has 21 heavy (non-hydrogen) atoms. The van der Waals surface area contributed by atoms with Crippen molar-refractivity contribution >= 4 is 6.09 Å². The Hall–Kier alpha value is -2.38. The molecule has 2 aromatic rings. The van der Waals surface area contributed by atoms with Crippen molar-refractivity contribution in [2.24, 2.45) is 7.05 Å². The van der Waals surface area contributed by atoms with Gasteiger partial charge in [0.1, 0.15) is 12.6 Å². The molecule has 1 fully saturated rings. The van der Waals surface area contributed by atoms with Gasteiger partial charge in [-0.2, -0.15) is 10.1 Å². The average molecular weight is 291 g/mol. The number of aryl methyl sites for hydroxylation is 1. The third-order valence-electron chi connectivity index (χ3n) is 3.39. The van der Waals surface area contributed by atoms with E-state index in [-0.39, 0.29) is 12.6 Å². The number of nitrogens with one attached hydrogen (secondary N) is 1. The van der Waals surface area contributed by atoms with Gasteiger partial charge >= 0.3 is 6.09 Å². The van der Waals surface area contributed by atoms with Gasteiger partial charge in [-0.25, -0.2) is 4.79 Å². The van der Waals surface area contributed by atoms with E-state index in [9.17, 15) is 4.79 Å². The maximum Gasteiger partial charge on any atom is 0.407 e. The summed E-state index contributed by atoms with van der Waals surface area (Å²) >= 11 is 0. The lowest BCUT2D eigenvalue weighted by atomic mass is 10.3. The van der Waals surface area contributed by atoms with E-state index in [1.54, 1.807) is 17.1 Å². The van der Waals surface area contributed by atoms with Crippen LogP contribution in [0.15, 0.2) is 16.9 Å². The molecule has 2 aromatic heterocycles. The zero-order valence-electron chi connectivity index (χ0n) is 11.8. The van der Waals surface area contributed by atoms with Crippen LogP contribution >= 0.6 is 0 Å². The van der Waals surface area contributed by atoms with Crippen LogP contribution in [0.25, 0.3) is 11.4 Å². The third kappa shape index (κ3) is 3.39. The Morgan fingerprint density at radius 1 is 1.52 bits per heavy atom. The van der Waals surface area contributed by atoms with Gasteiger partial charge in [0.2, 0.25) is 11.7 Å². The number of alkyl carbamates (subject to hydrolysis) is 1. The maximum absolute atomic E-state index is 11.6. The van der Waals surface area contributed by atoms with Crippen molar-refractivity contribution in [1.29, 1.82) is 0 Å². The predicted molar refractivity (Wildman–Crippen MR) is 72.1 cm³/mol. The van der Waals surface area contributed by atoms with E-state index in [1.165, 1.54) is 0 Å². The number of rotatable bonds is 4. The minimum Gasteiger partial charge on any atom is -0.446 e. The molecule has 8 heteroatoms. The molecule has 1 saturated carbocycles. The summed E-state index contributed by atoms with van der Waals surface area (Å²) in [5.74, 6) is 0.779. The monoisotopic (exact) mass is 291 g/mol. The average Bonchev–Trinajstić information content (AvgIpc) is 3.17. The first-order valence-electron chi connectivity index (χ1n) is 6.97. The van der Waals surface area contributed by atoms with Crippen LogP contribution in [0.1, 0.15) is 31.6 Å². The Morgan fingerprint density at radius 2 is 2.33 bits per heavy atom. The fourth-order valence-corrected chi connectivity index (χ4v) is 2.33. The Kier molecular flexibility index (Phi) is 3.85. The highest BCUT2D eigenvalue weighted by atomic mass is 16.6. The van der Waals surface area contributed by atoms with Gasteiger partial charge < -0.3 is 14.6 Å². The molecule has 3 rings (SSSR count). The predicted octanol–water partition coefficient (Wildman–Crippen LogP) is 1.64. The molecule has 8 nitrogen and oxygen atoms in total. The summed E-state index contributed by atoms with van der Waals surface area (Å²) in [4.78, 5) is 15.8. The number of nitrogens with zero attached hydrogens (tertiary/aromatic N) is 4. The second kappa shape index (κ2) is 5.94. The Morgan fingerprint density at radius 3 is 3.05 bits per heavy atom. The van der Waals surface area contributed by atoms with E-state index in [1.807, 2.05) is 7.05 Å². The third-order valence-corrected chi connectivity index (χ3v) is 3.39. The molecule has 0 aromatic carbocycles. The molecule has 0 spiro atoms. The lowest BCUT2D eigenvalue weighted by molar-refractivity contribution is 0.0996. The van der Waals surface area contributed by atoms with Crippen LogP contribution in [0.4, 0.5) is 4.79 Å². The van der Waals surface area contributed by atoms with Crippen molar-refractivity contribution in [1.82, 2.24) is 25.2 Å². The van der Waals surface area contributed by atoms with E-state index in [2.05, 4.69) is 20.6 Å². The molecule has 0 atom stereocenters. The van der Waals surface area contributed by atoms with E-state index in [0.29, 0.717) is 11.7 Å². The topological polar surface area (TPSA) is 95.1 Å². The van der Waals surface area contributed by atoms with Crippen molar-refractivity contribution in [2.45, 2.75) is 38.3 Å². The standard InChI is InChI=1S/C13H17N5O3/c1-18-8-9(6-15-18)12-16-11(21-17-12)7-14-13(19)20-10-4-2-3-5-10/h6,8,10H,2-5,7H2,1H3,(H,14,19). The molecule has 1 aliphatic carbocycles. The lowest BCUT2D eigenvalue weighted by Gasteiger charge is -2.10. The quantitative estimate of drug-likeness (QED) is 0.920. The Bertz CT molecular complexity index is 615. The minimum absolute atomic E-state index is 0.0404. The van der Waals surface area contributed by atoms with Crippen LogP contribution in [0.3, 0.4) is 0 Å². The first kappa shape index (κ1) is 13.6. The number of amides is 1. The molecular formula is C13H17N5O3. The van der Waals surface area contributed by atoms with Crippen LogP contribution in [0, 0.1) is 0 Å². The molecule has 0 radical (unpaired) electrons. The molecule has 0 unspecified atom stereocenters. The number of aromatic nitrogens is 4. The van der Waals surface area contributed by atoms with Crippen molar-refractivity contribution in [3.8, 4) is 11.4 Å². The minimum atomic E-state index is -0.442. The van der Waals surface area contributed by atoms with Crippen molar-refractivity contribution < 1.29 is 14.1 Å². The van der Waals surface area contributed by atoms with E-state index in [4.69, 9.17) is 9.26 Å². The van der Waals surface area contributed by atoms with Gasteiger partial charge in [0.15, 0.2) is 0 Å². The highest BCUT2D eigenvalue weighted by Crippen LogP contribution is 2.21. The molecule has 0 saturated heterocycles. The van der Waals surface area contributed by atoms with Gasteiger partial charge in [0.05, 0.1) is 11.8 Å². The molecule has 2 heterocycles. The number of ether oxygens (including phenoxy) is 1. The smallest absolute Gasteiger partial charge is 0.407 e. The zero-order valence-corrected chi connectivity index (χ0v) is 11.8. The maximum atomic E-state index is 11.6. The van der Waals surface area contributed by atoms with Gasteiger partial charge in [-0.1, -0.05) is 5.16 Å². The molecule has 112 valence electrons. The van der Waals surface area contributed by atoms with Crippen LogP contribution in [-0.4, -0.2) is 32.1 Å². The van der Waals surface area contributed by atoms with Gasteiger partial charge in [-0.05, 0) is 25.7 Å². The largest absolute Gasteiger partial charge is 0.446 e. The first-order valence-corrected chi connectivity index (χ1v) is 6.97. The summed E-state index contributed by atoms with van der Waals surface area (Å²) in [6.45, 7) is 0.152. The summed E-state index contributed by atoms with van der Waals surface area (Å²) < 4.78 is 12.0. The zero-order chi connectivity index (χ0) is 14.7. The molecule has 1 N–H and O–H groups in total. The van der Waals surface area contributed by atoms with Crippen LogP contribution in [0.2, 0.25) is 0 Å². The van der Waals surface area contributed by atoms with Gasteiger partial charge in [-0.3, -0.25) is 4.68 Å². The van der Waals surface area contributed by atoms with Crippen LogP contribution in [0.5, 0.6) is 0 Å². The molecular weight excluding hydrogens is 274 g/mol. The van der Waals surface area contributed by atoms with E-state index < -0.39 is 6.09 Å². The summed E-state index contributed by atoms with van der Waals surface area (Å²) in [5, 5.41) is 10.5. The SMILES string of the molecule is Cn1cc(-c2noc(CNC(=O)OC3CCCC3)n2)cn1. The summed E-state index contributed by atoms with van der Waals surface area (Å²) in [7, 11) is 1.81. The fourth-order valence-electron chi connectivity index (χ4n) is 2.33. The molecule has 1 aliphatic rings. The number of hydrogen-bond acceptors (Lipinski definition) is 6. The molecule has 1 amide bonds. The van der Waals surface area contributed by atoms with Crippen LogP contribution < -0.4 is 5.32 Å². The normalized spacial score (nSPS) is 15.3. The highest BCUT2D eigenvalue weighted by Gasteiger charge is 2.19. The van der Waals surface area contributed by atoms with Crippen molar-refractivity contribution in [2.75, 3.05) is 0 Å². The summed E-state index contributed by atoms with van der Waals surface area (Å²) in [5.41, 5.74) is 0.765. The van der Waals surface area contributed by atoms with E-state index >= 15 is 0 Å². The van der Waals surface area contributed by atoms with E-state index in [0.717, 1.165) is 31.2 Å². The number of hydrogen-bond donors (Lipinski definition) is 1. The Balaban J connectivity index is 1.51. The summed E-state index contributed by atoms with van der Waals surface area (Å²) in [6, 6.07) is 0. The lowest BCUT2D eigenvalue weighted by Crippen LogP contribution is -2.27. The highest BCUT2D eigenvalue weighted by molar-refractivity contribution is 5.67. The molecule has 0 bridgehead atoms. The van der Waals surface area contributed by atoms with Crippen LogP contribution in [-0.2, 0) is 18.3 Å². The second-order valence-corrected chi connectivity index (χ2v) is 5.08. The number of carbonyl (C=O) groups excluding carboxylic acids is 1. The first-order chi connectivity index (χ1) is 10.2. The number of carbonyl (C=O) groups is 1. The van der Waals surface area contributed by atoms with Crippen molar-refractivity contribution in [3.63, 3.8) is 0 Å². The van der Waals surface area contributed by atoms with Crippen molar-refractivity contribution in [3.05, 3.63) is 18.3 Å². The fraction of sp³-hybridized carbons (Fsp3) is 0.538. The Labute approximate surface area is 121 Å². The molecule has 0 aliphatic heterocycles. The summed E-state index contributed by atoms with van der Waals surface area (Å²) in [6.07, 6.45) is 7.17. The second-order valence-electron chi connectivity index (χ2n) is 5.08. The van der Waals surface area contributed by atoms with Gasteiger partial charge in [0, 0.05) is 13.2 Å².